The van der Waals surface area contributed by atoms with E-state index in [2.05, 4.69) is 4.98 Å². The monoisotopic (exact) mass is 271 g/mol. The lowest BCUT2D eigenvalue weighted by atomic mass is 10.0. The SMILES string of the molecule is CCC(C)(OC)c1nc(N)c(C)c(-c2ccccc2)n1. The molecule has 2 N–H and O–H groups in total. The second-order valence-corrected chi connectivity index (χ2v) is 5.06. The van der Waals surface area contributed by atoms with Gasteiger partial charge in [0.05, 0.1) is 5.69 Å². The van der Waals surface area contributed by atoms with E-state index in [1.54, 1.807) is 7.11 Å². The van der Waals surface area contributed by atoms with Gasteiger partial charge in [0, 0.05) is 18.2 Å². The van der Waals surface area contributed by atoms with Crippen molar-refractivity contribution in [2.45, 2.75) is 32.8 Å². The van der Waals surface area contributed by atoms with E-state index < -0.39 is 5.60 Å². The van der Waals surface area contributed by atoms with Crippen LogP contribution in [0.2, 0.25) is 0 Å². The van der Waals surface area contributed by atoms with E-state index in [1.807, 2.05) is 51.1 Å². The van der Waals surface area contributed by atoms with Gasteiger partial charge in [-0.25, -0.2) is 9.97 Å². The number of nitrogens with zero attached hydrogens (tertiary/aromatic N) is 2. The normalized spacial score (nSPS) is 14.0. The zero-order chi connectivity index (χ0) is 14.8. The van der Waals surface area contributed by atoms with E-state index in [1.165, 1.54) is 0 Å². The summed E-state index contributed by atoms with van der Waals surface area (Å²) in [5.74, 6) is 1.13. The Labute approximate surface area is 120 Å². The maximum atomic E-state index is 6.06. The topological polar surface area (TPSA) is 61.0 Å². The average molecular weight is 271 g/mol. The number of rotatable bonds is 4. The van der Waals surface area contributed by atoms with Crippen LogP contribution >= 0.6 is 0 Å². The third kappa shape index (κ3) is 2.51. The highest BCUT2D eigenvalue weighted by Gasteiger charge is 2.29. The first-order valence-corrected chi connectivity index (χ1v) is 6.77. The summed E-state index contributed by atoms with van der Waals surface area (Å²) >= 11 is 0. The zero-order valence-electron chi connectivity index (χ0n) is 12.5. The quantitative estimate of drug-likeness (QED) is 0.926. The van der Waals surface area contributed by atoms with Crippen LogP contribution in [-0.4, -0.2) is 17.1 Å². The van der Waals surface area contributed by atoms with Crippen LogP contribution in [0.4, 0.5) is 5.82 Å². The number of nitrogen functional groups attached to an aromatic ring is 1. The first-order valence-electron chi connectivity index (χ1n) is 6.77. The van der Waals surface area contributed by atoms with Crippen molar-refractivity contribution in [2.24, 2.45) is 0 Å². The molecule has 0 spiro atoms. The molecule has 2 aromatic rings. The Morgan fingerprint density at radius 3 is 2.40 bits per heavy atom. The number of benzene rings is 1. The van der Waals surface area contributed by atoms with Crippen molar-refractivity contribution >= 4 is 5.82 Å². The van der Waals surface area contributed by atoms with Gasteiger partial charge in [-0.15, -0.1) is 0 Å². The Bertz CT molecular complexity index is 592. The molecule has 0 amide bonds. The summed E-state index contributed by atoms with van der Waals surface area (Å²) in [5.41, 5.74) is 8.34. The van der Waals surface area contributed by atoms with Crippen molar-refractivity contribution in [1.82, 2.24) is 9.97 Å². The fraction of sp³-hybridized carbons (Fsp3) is 0.375. The highest BCUT2D eigenvalue weighted by Crippen LogP contribution is 2.30. The van der Waals surface area contributed by atoms with Crippen molar-refractivity contribution in [3.8, 4) is 11.3 Å². The molecule has 1 heterocycles. The van der Waals surface area contributed by atoms with E-state index in [9.17, 15) is 0 Å². The minimum absolute atomic E-state index is 0.505. The summed E-state index contributed by atoms with van der Waals surface area (Å²) in [5, 5.41) is 0. The van der Waals surface area contributed by atoms with Crippen LogP contribution in [0.15, 0.2) is 30.3 Å². The van der Waals surface area contributed by atoms with Gasteiger partial charge in [0.1, 0.15) is 11.4 Å². The van der Waals surface area contributed by atoms with E-state index in [4.69, 9.17) is 15.5 Å². The van der Waals surface area contributed by atoms with Gasteiger partial charge in [0.2, 0.25) is 0 Å². The molecule has 0 radical (unpaired) electrons. The van der Waals surface area contributed by atoms with Crippen molar-refractivity contribution < 1.29 is 4.74 Å². The summed E-state index contributed by atoms with van der Waals surface area (Å²) in [6, 6.07) is 10.0. The van der Waals surface area contributed by atoms with Crippen LogP contribution < -0.4 is 5.73 Å². The van der Waals surface area contributed by atoms with Crippen molar-refractivity contribution in [3.05, 3.63) is 41.7 Å². The summed E-state index contributed by atoms with van der Waals surface area (Å²) in [6.07, 6.45) is 0.778. The number of aromatic nitrogens is 2. The lowest BCUT2D eigenvalue weighted by molar-refractivity contribution is -0.00878. The van der Waals surface area contributed by atoms with Gasteiger partial charge in [-0.3, -0.25) is 0 Å². The molecule has 0 aliphatic carbocycles. The molecule has 1 unspecified atom stereocenters. The van der Waals surface area contributed by atoms with E-state index in [-0.39, 0.29) is 0 Å². The first-order chi connectivity index (χ1) is 9.51. The molecular weight excluding hydrogens is 250 g/mol. The molecule has 0 fully saturated rings. The van der Waals surface area contributed by atoms with Crippen LogP contribution in [0.5, 0.6) is 0 Å². The fourth-order valence-electron chi connectivity index (χ4n) is 2.04. The van der Waals surface area contributed by atoms with Crippen LogP contribution in [0, 0.1) is 6.92 Å². The maximum Gasteiger partial charge on any atom is 0.162 e. The smallest absolute Gasteiger partial charge is 0.162 e. The van der Waals surface area contributed by atoms with Gasteiger partial charge < -0.3 is 10.5 Å². The Balaban J connectivity index is 2.62. The van der Waals surface area contributed by atoms with Crippen molar-refractivity contribution in [3.63, 3.8) is 0 Å². The molecule has 0 aliphatic rings. The largest absolute Gasteiger partial charge is 0.383 e. The predicted octanol–water partition coefficient (Wildman–Crippen LogP) is 3.31. The van der Waals surface area contributed by atoms with Gasteiger partial charge in [0.25, 0.3) is 0 Å². The van der Waals surface area contributed by atoms with Gasteiger partial charge in [-0.05, 0) is 20.3 Å². The molecule has 0 bridgehead atoms. The Kier molecular flexibility index (Phi) is 4.04. The zero-order valence-corrected chi connectivity index (χ0v) is 12.5. The van der Waals surface area contributed by atoms with Crippen LogP contribution in [0.25, 0.3) is 11.3 Å². The maximum absolute atomic E-state index is 6.06. The fourth-order valence-corrected chi connectivity index (χ4v) is 2.04. The molecule has 1 aromatic carbocycles. The minimum atomic E-state index is -0.522. The minimum Gasteiger partial charge on any atom is -0.383 e. The van der Waals surface area contributed by atoms with Crippen LogP contribution in [-0.2, 0) is 10.3 Å². The highest BCUT2D eigenvalue weighted by molar-refractivity contribution is 5.67. The Morgan fingerprint density at radius 1 is 1.20 bits per heavy atom. The first kappa shape index (κ1) is 14.5. The van der Waals surface area contributed by atoms with Crippen LogP contribution in [0.1, 0.15) is 31.7 Å². The summed E-state index contributed by atoms with van der Waals surface area (Å²) in [7, 11) is 1.67. The molecule has 0 saturated heterocycles. The summed E-state index contributed by atoms with van der Waals surface area (Å²) in [4.78, 5) is 9.12. The standard InChI is InChI=1S/C16H21N3O/c1-5-16(3,20-4)15-18-13(11(2)14(17)19-15)12-9-7-6-8-10-12/h6-10H,5H2,1-4H3,(H2,17,18,19). The lowest BCUT2D eigenvalue weighted by Crippen LogP contribution is -2.27. The molecular formula is C16H21N3O. The molecule has 0 saturated carbocycles. The van der Waals surface area contributed by atoms with Gasteiger partial charge in [-0.1, -0.05) is 37.3 Å². The summed E-state index contributed by atoms with van der Waals surface area (Å²) in [6.45, 7) is 5.97. The molecule has 106 valence electrons. The van der Waals surface area contributed by atoms with Gasteiger partial charge in [0.15, 0.2) is 5.82 Å². The third-order valence-electron chi connectivity index (χ3n) is 3.83. The molecule has 4 nitrogen and oxygen atoms in total. The Hall–Kier alpha value is -1.94. The number of nitrogens with two attached hydrogens (primary N) is 1. The van der Waals surface area contributed by atoms with Crippen molar-refractivity contribution in [1.29, 1.82) is 0 Å². The molecule has 0 aliphatic heterocycles. The van der Waals surface area contributed by atoms with E-state index >= 15 is 0 Å². The number of hydrogen-bond donors (Lipinski definition) is 1. The van der Waals surface area contributed by atoms with E-state index in [0.717, 1.165) is 23.2 Å². The lowest BCUT2D eigenvalue weighted by Gasteiger charge is -2.26. The number of anilines is 1. The summed E-state index contributed by atoms with van der Waals surface area (Å²) < 4.78 is 5.58. The molecule has 2 rings (SSSR count). The van der Waals surface area contributed by atoms with Gasteiger partial charge >= 0.3 is 0 Å². The predicted molar refractivity (Wildman–Crippen MR) is 81.3 cm³/mol. The van der Waals surface area contributed by atoms with Gasteiger partial charge in [-0.2, -0.15) is 0 Å². The third-order valence-corrected chi connectivity index (χ3v) is 3.83. The van der Waals surface area contributed by atoms with Crippen molar-refractivity contribution in [2.75, 3.05) is 12.8 Å². The second-order valence-electron chi connectivity index (χ2n) is 5.06. The number of hydrogen-bond acceptors (Lipinski definition) is 4. The molecule has 1 aromatic heterocycles. The number of ether oxygens (including phenoxy) is 1. The molecule has 20 heavy (non-hydrogen) atoms. The Morgan fingerprint density at radius 2 is 1.85 bits per heavy atom. The highest BCUT2D eigenvalue weighted by atomic mass is 16.5. The molecule has 1 atom stereocenters. The average Bonchev–Trinajstić information content (AvgIpc) is 2.50. The van der Waals surface area contributed by atoms with Crippen LogP contribution in [0.3, 0.4) is 0 Å². The van der Waals surface area contributed by atoms with E-state index in [0.29, 0.717) is 11.6 Å². The molecule has 4 heteroatoms. The number of methoxy groups -OCH3 is 1. The second kappa shape index (κ2) is 5.59.